The van der Waals surface area contributed by atoms with E-state index >= 15 is 0 Å². The first-order chi connectivity index (χ1) is 13.1. The number of hydrogen-bond donors (Lipinski definition) is 2. The van der Waals surface area contributed by atoms with E-state index in [0.29, 0.717) is 6.42 Å². The fourth-order valence-electron chi connectivity index (χ4n) is 8.09. The molecule has 0 radical (unpaired) electrons. The average molecular weight is 386 g/mol. The summed E-state index contributed by atoms with van der Waals surface area (Å²) in [6.07, 6.45) is 7.73. The minimum Gasteiger partial charge on any atom is -0.388 e. The van der Waals surface area contributed by atoms with Crippen LogP contribution in [0.3, 0.4) is 0 Å². The van der Waals surface area contributed by atoms with Crippen LogP contribution < -0.4 is 0 Å². The maximum absolute atomic E-state index is 12.7. The molecule has 152 valence electrons. The van der Waals surface area contributed by atoms with E-state index in [-0.39, 0.29) is 46.6 Å². The van der Waals surface area contributed by atoms with Gasteiger partial charge in [0.2, 0.25) is 0 Å². The first-order valence-corrected chi connectivity index (χ1v) is 10.6. The molecule has 0 aromatic carbocycles. The van der Waals surface area contributed by atoms with Crippen molar-refractivity contribution in [2.45, 2.75) is 64.3 Å². The number of hydrogen-bond acceptors (Lipinski definition) is 5. The van der Waals surface area contributed by atoms with Crippen molar-refractivity contribution in [1.82, 2.24) is 0 Å². The van der Waals surface area contributed by atoms with Gasteiger partial charge in [-0.25, -0.2) is 0 Å². The van der Waals surface area contributed by atoms with Gasteiger partial charge < -0.3 is 14.9 Å². The highest BCUT2D eigenvalue weighted by Gasteiger charge is 2.82. The largest absolute Gasteiger partial charge is 0.388 e. The zero-order chi connectivity index (χ0) is 20.3. The Morgan fingerprint density at radius 2 is 1.96 bits per heavy atom. The van der Waals surface area contributed by atoms with Crippen molar-refractivity contribution in [3.8, 4) is 0 Å². The lowest BCUT2D eigenvalue weighted by Crippen LogP contribution is -2.63. The van der Waals surface area contributed by atoms with Crippen molar-refractivity contribution in [2.75, 3.05) is 6.61 Å². The molecule has 1 spiro atoms. The van der Waals surface area contributed by atoms with Crippen molar-refractivity contribution in [3.63, 3.8) is 0 Å². The molecule has 5 nitrogen and oxygen atoms in total. The number of ketones is 2. The lowest BCUT2D eigenvalue weighted by Gasteiger charge is -2.57. The Balaban J connectivity index is 1.63. The molecule has 3 saturated carbocycles. The first-order valence-electron chi connectivity index (χ1n) is 10.6. The molecule has 1 heterocycles. The zero-order valence-electron chi connectivity index (χ0n) is 17.1. The predicted molar refractivity (Wildman–Crippen MR) is 102 cm³/mol. The van der Waals surface area contributed by atoms with Crippen LogP contribution in [0, 0.1) is 34.5 Å². The summed E-state index contributed by atoms with van der Waals surface area (Å²) in [5.74, 6) is 0.00343. The number of Topliss-reactive ketones (excluding diaryl/α,β-unsaturated/α-hetero) is 1. The van der Waals surface area contributed by atoms with E-state index in [9.17, 15) is 19.8 Å². The summed E-state index contributed by atoms with van der Waals surface area (Å²) in [5.41, 5.74) is -1.62. The summed E-state index contributed by atoms with van der Waals surface area (Å²) < 4.78 is 6.48. The molecule has 1 aliphatic heterocycles. The Kier molecular flexibility index (Phi) is 3.50. The highest BCUT2D eigenvalue weighted by atomic mass is 16.6. The molecule has 0 bridgehead atoms. The monoisotopic (exact) mass is 386 g/mol. The Morgan fingerprint density at radius 3 is 2.64 bits per heavy atom. The highest BCUT2D eigenvalue weighted by Crippen LogP contribution is 2.77. The summed E-state index contributed by atoms with van der Waals surface area (Å²) >= 11 is 0. The van der Waals surface area contributed by atoms with Gasteiger partial charge in [0.05, 0.1) is 6.10 Å². The van der Waals surface area contributed by atoms with Gasteiger partial charge in [0, 0.05) is 10.8 Å². The lowest BCUT2D eigenvalue weighted by molar-refractivity contribution is -0.166. The molecular formula is C23H30O5. The molecule has 5 heteroatoms. The van der Waals surface area contributed by atoms with Gasteiger partial charge in [-0.15, -0.1) is 0 Å². The Morgan fingerprint density at radius 1 is 1.25 bits per heavy atom. The van der Waals surface area contributed by atoms with Gasteiger partial charge in [0.1, 0.15) is 17.8 Å². The number of aliphatic hydroxyl groups is 2. The summed E-state index contributed by atoms with van der Waals surface area (Å²) in [6, 6.07) is 0. The summed E-state index contributed by atoms with van der Waals surface area (Å²) in [5, 5.41) is 21.1. The second kappa shape index (κ2) is 5.24. The molecule has 0 aromatic heterocycles. The van der Waals surface area contributed by atoms with Crippen LogP contribution in [0.1, 0.15) is 47.0 Å². The van der Waals surface area contributed by atoms with Gasteiger partial charge >= 0.3 is 0 Å². The number of carbonyl (C=O) groups excluding carboxylic acids is 2. The third kappa shape index (κ3) is 1.76. The van der Waals surface area contributed by atoms with E-state index < -0.39 is 23.4 Å². The van der Waals surface area contributed by atoms with Crippen LogP contribution in [0.4, 0.5) is 0 Å². The highest BCUT2D eigenvalue weighted by molar-refractivity contribution is 6.01. The average Bonchev–Trinajstić information content (AvgIpc) is 3.34. The van der Waals surface area contributed by atoms with E-state index in [1.165, 1.54) is 0 Å². The second-order valence-corrected chi connectivity index (χ2v) is 10.4. The van der Waals surface area contributed by atoms with Crippen LogP contribution in [0.2, 0.25) is 0 Å². The van der Waals surface area contributed by atoms with Crippen molar-refractivity contribution in [3.05, 3.63) is 23.8 Å². The summed E-state index contributed by atoms with van der Waals surface area (Å²) in [4.78, 5) is 24.7. The molecule has 28 heavy (non-hydrogen) atoms. The van der Waals surface area contributed by atoms with Crippen LogP contribution in [-0.2, 0) is 14.3 Å². The molecule has 5 rings (SSSR count). The Bertz CT molecular complexity index is 844. The SMILES string of the molecule is C[C@@H]1CC2C3C[C@H](C)C4=CC(=O)C=C[C@]4(C)[C@@]34O[C@H]4C[C@]2(C)[C@@]1(O)C(=O)CO. The predicted octanol–water partition coefficient (Wildman–Crippen LogP) is 2.21. The van der Waals surface area contributed by atoms with Crippen LogP contribution in [0.25, 0.3) is 0 Å². The quantitative estimate of drug-likeness (QED) is 0.711. The fraction of sp³-hybridized carbons (Fsp3) is 0.739. The molecule has 0 amide bonds. The number of aliphatic hydroxyl groups excluding tert-OH is 1. The maximum atomic E-state index is 12.7. The second-order valence-electron chi connectivity index (χ2n) is 10.4. The van der Waals surface area contributed by atoms with Gasteiger partial charge in [-0.3, -0.25) is 9.59 Å². The van der Waals surface area contributed by atoms with Crippen LogP contribution in [0.5, 0.6) is 0 Å². The van der Waals surface area contributed by atoms with Gasteiger partial charge in [-0.2, -0.15) is 0 Å². The van der Waals surface area contributed by atoms with E-state index in [4.69, 9.17) is 4.74 Å². The van der Waals surface area contributed by atoms with Gasteiger partial charge in [0.25, 0.3) is 0 Å². The van der Waals surface area contributed by atoms with Gasteiger partial charge in [-0.05, 0) is 62.0 Å². The fourth-order valence-corrected chi connectivity index (χ4v) is 8.09. The molecule has 9 atom stereocenters. The lowest BCUT2D eigenvalue weighted by atomic mass is 9.45. The van der Waals surface area contributed by atoms with Crippen LogP contribution in [0.15, 0.2) is 23.8 Å². The number of rotatable bonds is 2. The number of ether oxygens (including phenoxy) is 1. The van der Waals surface area contributed by atoms with Gasteiger partial charge in [-0.1, -0.05) is 32.4 Å². The third-order valence-electron chi connectivity index (χ3n) is 9.41. The number of epoxide rings is 1. The smallest absolute Gasteiger partial charge is 0.190 e. The van der Waals surface area contributed by atoms with E-state index in [2.05, 4.69) is 13.8 Å². The first kappa shape index (κ1) is 18.7. The van der Waals surface area contributed by atoms with E-state index in [1.807, 2.05) is 19.9 Å². The molecule has 2 N–H and O–H groups in total. The number of carbonyl (C=O) groups is 2. The Labute approximate surface area is 165 Å². The molecule has 5 aliphatic rings. The normalized spacial score (nSPS) is 56.3. The van der Waals surface area contributed by atoms with Crippen LogP contribution >= 0.6 is 0 Å². The van der Waals surface area contributed by atoms with E-state index in [0.717, 1.165) is 18.4 Å². The zero-order valence-corrected chi connectivity index (χ0v) is 17.1. The molecule has 4 aliphatic carbocycles. The topological polar surface area (TPSA) is 87.1 Å². The van der Waals surface area contributed by atoms with Crippen molar-refractivity contribution in [2.24, 2.45) is 34.5 Å². The van der Waals surface area contributed by atoms with Crippen molar-refractivity contribution < 1.29 is 24.5 Å². The minimum atomic E-state index is -1.51. The van der Waals surface area contributed by atoms with Gasteiger partial charge in [0.15, 0.2) is 11.6 Å². The summed E-state index contributed by atoms with van der Waals surface area (Å²) in [6.45, 7) is 7.71. The number of allylic oxidation sites excluding steroid dienone is 2. The van der Waals surface area contributed by atoms with Crippen molar-refractivity contribution in [1.29, 1.82) is 0 Å². The molecule has 1 saturated heterocycles. The molecule has 0 aromatic rings. The van der Waals surface area contributed by atoms with E-state index in [1.54, 1.807) is 12.2 Å². The molecule has 4 fully saturated rings. The maximum Gasteiger partial charge on any atom is 0.190 e. The van der Waals surface area contributed by atoms with Crippen molar-refractivity contribution >= 4 is 11.6 Å². The number of fused-ring (bicyclic) bond motifs is 3. The summed E-state index contributed by atoms with van der Waals surface area (Å²) in [7, 11) is 0. The molecule has 2 unspecified atom stereocenters. The minimum absolute atomic E-state index is 0.0409. The Hall–Kier alpha value is -1.30. The van der Waals surface area contributed by atoms with Crippen LogP contribution in [-0.4, -0.2) is 45.7 Å². The third-order valence-corrected chi connectivity index (χ3v) is 9.41. The standard InChI is InChI=1S/C23H30O5/c1-12-7-17-16-8-13(2)22(27,18(26)11-24)21(16,4)10-19-23(17,28-19)20(3)6-5-14(25)9-15(12)20/h5-6,9,12-13,16-17,19,24,27H,7-8,10-11H2,1-4H3/t12-,13+,16?,17?,19-,20-,21-,22-,23+/m0/s1. The molecular weight excluding hydrogens is 356 g/mol.